The largest absolute Gasteiger partial charge is 0.496 e. The Labute approximate surface area is 180 Å². The molecule has 3 aromatic carbocycles. The highest BCUT2D eigenvalue weighted by molar-refractivity contribution is 6.14. The molecule has 0 saturated carbocycles. The first-order valence-corrected chi connectivity index (χ1v) is 9.67. The Morgan fingerprint density at radius 2 is 1.74 bits per heavy atom. The molecule has 1 aliphatic rings. The summed E-state index contributed by atoms with van der Waals surface area (Å²) in [6, 6.07) is 19.3. The lowest BCUT2D eigenvalue weighted by atomic mass is 10.1. The van der Waals surface area contributed by atoms with Gasteiger partial charge in [0.05, 0.1) is 12.7 Å². The van der Waals surface area contributed by atoms with Crippen LogP contribution in [0, 0.1) is 0 Å². The molecule has 3 aromatic rings. The van der Waals surface area contributed by atoms with Gasteiger partial charge < -0.3 is 19.1 Å². The van der Waals surface area contributed by atoms with Crippen molar-refractivity contribution in [2.24, 2.45) is 0 Å². The maximum atomic E-state index is 12.7. The van der Waals surface area contributed by atoms with Crippen molar-refractivity contribution in [1.82, 2.24) is 0 Å². The first-order valence-electron chi connectivity index (χ1n) is 9.67. The van der Waals surface area contributed by atoms with E-state index >= 15 is 0 Å². The molecule has 0 atom stereocenters. The SMILES string of the molecule is COc1ccccc1C(=O)Oc1ccc2c(c1)O/C(=C\c1ccc(N(C)C)cc1)C2=O. The van der Waals surface area contributed by atoms with Crippen LogP contribution in [0.2, 0.25) is 0 Å². The summed E-state index contributed by atoms with van der Waals surface area (Å²) >= 11 is 0. The predicted octanol–water partition coefficient (Wildman–Crippen LogP) is 4.60. The van der Waals surface area contributed by atoms with E-state index in [1.54, 1.807) is 42.5 Å². The van der Waals surface area contributed by atoms with Crippen LogP contribution in [-0.4, -0.2) is 33.0 Å². The molecule has 4 rings (SSSR count). The number of Topliss-reactive ketones (excluding diaryl/α,β-unsaturated/α-hetero) is 1. The molecule has 1 aliphatic heterocycles. The van der Waals surface area contributed by atoms with E-state index in [9.17, 15) is 9.59 Å². The summed E-state index contributed by atoms with van der Waals surface area (Å²) in [5.41, 5.74) is 2.65. The third kappa shape index (κ3) is 4.14. The van der Waals surface area contributed by atoms with Crippen LogP contribution in [0.3, 0.4) is 0 Å². The summed E-state index contributed by atoms with van der Waals surface area (Å²) in [6.07, 6.45) is 1.70. The van der Waals surface area contributed by atoms with Crippen LogP contribution in [0.15, 0.2) is 72.5 Å². The molecule has 6 heteroatoms. The van der Waals surface area contributed by atoms with Crippen LogP contribution in [0.5, 0.6) is 17.2 Å². The topological polar surface area (TPSA) is 65.1 Å². The Morgan fingerprint density at radius 1 is 1.00 bits per heavy atom. The van der Waals surface area contributed by atoms with E-state index in [2.05, 4.69) is 0 Å². The number of allylic oxidation sites excluding steroid dienone is 1. The number of esters is 1. The minimum Gasteiger partial charge on any atom is -0.496 e. The van der Waals surface area contributed by atoms with E-state index in [1.165, 1.54) is 13.2 Å². The normalized spacial score (nSPS) is 13.5. The predicted molar refractivity (Wildman–Crippen MR) is 118 cm³/mol. The quantitative estimate of drug-likeness (QED) is 0.345. The summed E-state index contributed by atoms with van der Waals surface area (Å²) in [5.74, 6) is 0.504. The number of nitrogens with zero attached hydrogens (tertiary/aromatic N) is 1. The number of hydrogen-bond acceptors (Lipinski definition) is 6. The van der Waals surface area contributed by atoms with Crippen molar-refractivity contribution in [3.8, 4) is 17.2 Å². The second-order valence-electron chi connectivity index (χ2n) is 7.17. The number of ether oxygens (including phenoxy) is 3. The maximum Gasteiger partial charge on any atom is 0.347 e. The van der Waals surface area contributed by atoms with Gasteiger partial charge in [0.1, 0.15) is 22.8 Å². The highest BCUT2D eigenvalue weighted by atomic mass is 16.5. The number of fused-ring (bicyclic) bond motifs is 1. The fourth-order valence-corrected chi connectivity index (χ4v) is 3.23. The molecule has 0 amide bonds. The molecular formula is C25H21NO5. The monoisotopic (exact) mass is 415 g/mol. The highest BCUT2D eigenvalue weighted by Crippen LogP contribution is 2.35. The van der Waals surface area contributed by atoms with Crippen LogP contribution in [0.4, 0.5) is 5.69 Å². The molecule has 31 heavy (non-hydrogen) atoms. The molecule has 0 spiro atoms. The molecule has 0 bridgehead atoms. The van der Waals surface area contributed by atoms with Gasteiger partial charge in [0.2, 0.25) is 5.78 Å². The number of methoxy groups -OCH3 is 1. The van der Waals surface area contributed by atoms with E-state index in [-0.39, 0.29) is 17.3 Å². The molecule has 6 nitrogen and oxygen atoms in total. The van der Waals surface area contributed by atoms with E-state index in [0.717, 1.165) is 11.3 Å². The zero-order valence-corrected chi connectivity index (χ0v) is 17.4. The third-order valence-corrected chi connectivity index (χ3v) is 4.89. The van der Waals surface area contributed by atoms with Crippen molar-refractivity contribution in [2.75, 3.05) is 26.1 Å². The average Bonchev–Trinajstić information content (AvgIpc) is 3.08. The molecule has 0 radical (unpaired) electrons. The highest BCUT2D eigenvalue weighted by Gasteiger charge is 2.28. The Bertz CT molecular complexity index is 1180. The Balaban J connectivity index is 1.53. The number of carbonyl (C=O) groups excluding carboxylic acids is 2. The summed E-state index contributed by atoms with van der Waals surface area (Å²) in [5, 5.41) is 0. The average molecular weight is 415 g/mol. The number of para-hydroxylation sites is 1. The number of anilines is 1. The second-order valence-corrected chi connectivity index (χ2v) is 7.17. The molecule has 0 fully saturated rings. The van der Waals surface area contributed by atoms with Crippen molar-refractivity contribution in [3.63, 3.8) is 0 Å². The van der Waals surface area contributed by atoms with Gasteiger partial charge in [0.25, 0.3) is 0 Å². The minimum atomic E-state index is -0.557. The summed E-state index contributed by atoms with van der Waals surface area (Å²) in [7, 11) is 5.42. The third-order valence-electron chi connectivity index (χ3n) is 4.89. The van der Waals surface area contributed by atoms with Crippen molar-refractivity contribution < 1.29 is 23.8 Å². The maximum absolute atomic E-state index is 12.7. The van der Waals surface area contributed by atoms with E-state index < -0.39 is 5.97 Å². The smallest absolute Gasteiger partial charge is 0.347 e. The van der Waals surface area contributed by atoms with Crippen molar-refractivity contribution in [1.29, 1.82) is 0 Å². The van der Waals surface area contributed by atoms with Crippen LogP contribution in [-0.2, 0) is 0 Å². The lowest BCUT2D eigenvalue weighted by Gasteiger charge is -2.11. The van der Waals surface area contributed by atoms with Gasteiger partial charge in [-0.15, -0.1) is 0 Å². The molecule has 1 heterocycles. The van der Waals surface area contributed by atoms with E-state index in [1.807, 2.05) is 43.3 Å². The van der Waals surface area contributed by atoms with Gasteiger partial charge in [-0.2, -0.15) is 0 Å². The van der Waals surface area contributed by atoms with Gasteiger partial charge in [0, 0.05) is 25.8 Å². The number of hydrogen-bond donors (Lipinski definition) is 0. The van der Waals surface area contributed by atoms with Gasteiger partial charge in [-0.1, -0.05) is 24.3 Å². The van der Waals surface area contributed by atoms with Gasteiger partial charge in [-0.25, -0.2) is 4.79 Å². The summed E-state index contributed by atoms with van der Waals surface area (Å²) in [6.45, 7) is 0. The van der Waals surface area contributed by atoms with Crippen LogP contribution < -0.4 is 19.1 Å². The number of carbonyl (C=O) groups is 2. The Kier molecular flexibility index (Phi) is 5.45. The minimum absolute atomic E-state index is 0.214. The van der Waals surface area contributed by atoms with Crippen molar-refractivity contribution in [2.45, 2.75) is 0 Å². The Morgan fingerprint density at radius 3 is 2.45 bits per heavy atom. The zero-order chi connectivity index (χ0) is 22.0. The van der Waals surface area contributed by atoms with Gasteiger partial charge >= 0.3 is 5.97 Å². The van der Waals surface area contributed by atoms with Crippen molar-refractivity contribution in [3.05, 3.63) is 89.2 Å². The number of ketones is 1. The molecule has 0 N–H and O–H groups in total. The fraction of sp³-hybridized carbons (Fsp3) is 0.120. The number of benzene rings is 3. The molecule has 0 aliphatic carbocycles. The standard InChI is InChI=1S/C25H21NO5/c1-26(2)17-10-8-16(9-11-17)14-23-24(27)19-13-12-18(15-22(19)31-23)30-25(28)20-6-4-5-7-21(20)29-3/h4-15H,1-3H3/b23-14-. The molecular weight excluding hydrogens is 394 g/mol. The second kappa shape index (κ2) is 8.36. The van der Waals surface area contributed by atoms with Crippen LogP contribution in [0.25, 0.3) is 6.08 Å². The molecule has 0 unspecified atom stereocenters. The molecule has 0 aromatic heterocycles. The Hall–Kier alpha value is -4.06. The molecule has 156 valence electrons. The zero-order valence-electron chi connectivity index (χ0n) is 17.4. The first kappa shape index (κ1) is 20.2. The number of rotatable bonds is 5. The van der Waals surface area contributed by atoms with Crippen LogP contribution >= 0.6 is 0 Å². The van der Waals surface area contributed by atoms with Crippen molar-refractivity contribution >= 4 is 23.5 Å². The fourth-order valence-electron chi connectivity index (χ4n) is 3.23. The summed E-state index contributed by atoms with van der Waals surface area (Å²) < 4.78 is 16.4. The van der Waals surface area contributed by atoms with Gasteiger partial charge in [-0.3, -0.25) is 4.79 Å². The summed E-state index contributed by atoms with van der Waals surface area (Å²) in [4.78, 5) is 27.2. The lowest BCUT2D eigenvalue weighted by Crippen LogP contribution is -2.10. The van der Waals surface area contributed by atoms with E-state index in [0.29, 0.717) is 22.6 Å². The van der Waals surface area contributed by atoms with Gasteiger partial charge in [0.15, 0.2) is 5.76 Å². The van der Waals surface area contributed by atoms with E-state index in [4.69, 9.17) is 14.2 Å². The van der Waals surface area contributed by atoms with Gasteiger partial charge in [-0.05, 0) is 48.0 Å². The molecule has 0 saturated heterocycles. The van der Waals surface area contributed by atoms with Crippen LogP contribution in [0.1, 0.15) is 26.3 Å². The first-order chi connectivity index (χ1) is 15.0. The lowest BCUT2D eigenvalue weighted by molar-refractivity contribution is 0.0731.